The monoisotopic (exact) mass is 260 g/mol. The van der Waals surface area contributed by atoms with Crippen molar-refractivity contribution < 1.29 is 5.11 Å². The van der Waals surface area contributed by atoms with Crippen LogP contribution in [-0.4, -0.2) is 49.3 Å². The van der Waals surface area contributed by atoms with Gasteiger partial charge in [0, 0.05) is 38.1 Å². The summed E-state index contributed by atoms with van der Waals surface area (Å²) >= 11 is 0. The van der Waals surface area contributed by atoms with E-state index in [1.165, 1.54) is 11.1 Å². The molecule has 2 fully saturated rings. The summed E-state index contributed by atoms with van der Waals surface area (Å²) in [6.45, 7) is 5.99. The molecule has 0 radical (unpaired) electrons. The van der Waals surface area contributed by atoms with Gasteiger partial charge in [-0.1, -0.05) is 24.3 Å². The number of nitrogens with one attached hydrogen (secondary N) is 1. The number of aliphatic hydroxyl groups excluding tert-OH is 1. The number of hydrogen-bond acceptors (Lipinski definition) is 3. The summed E-state index contributed by atoms with van der Waals surface area (Å²) in [5.41, 5.74) is 2.93. The van der Waals surface area contributed by atoms with Crippen molar-refractivity contribution in [3.63, 3.8) is 0 Å². The molecular weight excluding hydrogens is 236 g/mol. The predicted octanol–water partition coefficient (Wildman–Crippen LogP) is 1.16. The number of benzene rings is 1. The second-order valence-corrected chi connectivity index (χ2v) is 5.94. The molecular formula is C16H24N2O. The Hall–Kier alpha value is -0.900. The lowest BCUT2D eigenvalue weighted by atomic mass is 9.90. The molecule has 3 nitrogen and oxygen atoms in total. The Bertz CT molecular complexity index is 423. The van der Waals surface area contributed by atoms with E-state index in [-0.39, 0.29) is 5.41 Å². The fourth-order valence-corrected chi connectivity index (χ4v) is 3.13. The smallest absolute Gasteiger partial charge is 0.0528 e. The Morgan fingerprint density at radius 2 is 1.89 bits per heavy atom. The number of rotatable bonds is 5. The Morgan fingerprint density at radius 3 is 2.58 bits per heavy atom. The molecule has 2 N–H and O–H groups in total. The maximum Gasteiger partial charge on any atom is 0.0528 e. The topological polar surface area (TPSA) is 35.5 Å². The lowest BCUT2D eigenvalue weighted by Crippen LogP contribution is -2.44. The highest BCUT2D eigenvalue weighted by Crippen LogP contribution is 2.48. The molecule has 3 heteroatoms. The van der Waals surface area contributed by atoms with Crippen LogP contribution in [0.15, 0.2) is 24.3 Å². The number of nitrogens with zero attached hydrogens (tertiary/aromatic N) is 1. The van der Waals surface area contributed by atoms with Crippen LogP contribution in [0, 0.1) is 0 Å². The van der Waals surface area contributed by atoms with Gasteiger partial charge >= 0.3 is 0 Å². The molecule has 104 valence electrons. The van der Waals surface area contributed by atoms with Crippen LogP contribution >= 0.6 is 0 Å². The van der Waals surface area contributed by atoms with Crippen LogP contribution in [0.5, 0.6) is 0 Å². The molecule has 1 aliphatic heterocycles. The molecule has 0 aromatic heterocycles. The van der Waals surface area contributed by atoms with Gasteiger partial charge in [-0.3, -0.25) is 0 Å². The van der Waals surface area contributed by atoms with Crippen molar-refractivity contribution >= 4 is 0 Å². The molecule has 3 rings (SSSR count). The third-order valence-electron chi connectivity index (χ3n) is 4.65. The van der Waals surface area contributed by atoms with Gasteiger partial charge in [0.25, 0.3) is 0 Å². The number of hydrogen-bond donors (Lipinski definition) is 2. The van der Waals surface area contributed by atoms with Gasteiger partial charge in [-0.05, 0) is 30.4 Å². The zero-order valence-electron chi connectivity index (χ0n) is 11.6. The zero-order valence-corrected chi connectivity index (χ0v) is 11.6. The van der Waals surface area contributed by atoms with E-state index in [4.69, 9.17) is 0 Å². The number of aliphatic hydroxyl groups is 1. The second-order valence-electron chi connectivity index (χ2n) is 5.94. The third kappa shape index (κ3) is 2.83. The standard InChI is InChI=1S/C16H24N2O/c19-13-16(6-7-16)15-4-2-1-3-14(15)5-10-18-11-8-17-9-12-18/h1-4,17,19H,5-13H2. The van der Waals surface area contributed by atoms with Gasteiger partial charge in [-0.2, -0.15) is 0 Å². The quantitative estimate of drug-likeness (QED) is 0.834. The molecule has 1 aromatic rings. The second kappa shape index (κ2) is 5.61. The molecule has 0 spiro atoms. The highest BCUT2D eigenvalue weighted by Gasteiger charge is 2.44. The van der Waals surface area contributed by atoms with E-state index >= 15 is 0 Å². The Labute approximate surface area is 115 Å². The summed E-state index contributed by atoms with van der Waals surface area (Å²) in [6.07, 6.45) is 3.40. The van der Waals surface area contributed by atoms with E-state index in [2.05, 4.69) is 34.5 Å². The zero-order chi connectivity index (χ0) is 13.1. The first-order chi connectivity index (χ1) is 9.34. The van der Waals surface area contributed by atoms with Crippen LogP contribution in [0.3, 0.4) is 0 Å². The predicted molar refractivity (Wildman–Crippen MR) is 77.5 cm³/mol. The lowest BCUT2D eigenvalue weighted by Gasteiger charge is -2.28. The average Bonchev–Trinajstić information content (AvgIpc) is 3.28. The molecule has 1 aliphatic carbocycles. The fraction of sp³-hybridized carbons (Fsp3) is 0.625. The van der Waals surface area contributed by atoms with Crippen molar-refractivity contribution in [1.82, 2.24) is 10.2 Å². The summed E-state index contributed by atoms with van der Waals surface area (Å²) < 4.78 is 0. The Balaban J connectivity index is 1.67. The fourth-order valence-electron chi connectivity index (χ4n) is 3.13. The molecule has 19 heavy (non-hydrogen) atoms. The molecule has 1 aromatic carbocycles. The van der Waals surface area contributed by atoms with E-state index in [1.54, 1.807) is 0 Å². The van der Waals surface area contributed by atoms with Gasteiger partial charge in [0.1, 0.15) is 0 Å². The lowest BCUT2D eigenvalue weighted by molar-refractivity contribution is 0.241. The average molecular weight is 260 g/mol. The van der Waals surface area contributed by atoms with Crippen LogP contribution in [0.2, 0.25) is 0 Å². The highest BCUT2D eigenvalue weighted by molar-refractivity contribution is 5.38. The van der Waals surface area contributed by atoms with Gasteiger partial charge in [-0.25, -0.2) is 0 Å². The summed E-state index contributed by atoms with van der Waals surface area (Å²) in [5.74, 6) is 0. The SMILES string of the molecule is OCC1(c2ccccc2CCN2CCNCC2)CC1. The highest BCUT2D eigenvalue weighted by atomic mass is 16.3. The van der Waals surface area contributed by atoms with Gasteiger partial charge < -0.3 is 15.3 Å². The van der Waals surface area contributed by atoms with E-state index in [0.717, 1.165) is 52.0 Å². The van der Waals surface area contributed by atoms with Crippen molar-refractivity contribution in [2.24, 2.45) is 0 Å². The first-order valence-electron chi connectivity index (χ1n) is 7.46. The normalized spacial score (nSPS) is 22.4. The number of piperazine rings is 1. The van der Waals surface area contributed by atoms with E-state index in [0.29, 0.717) is 6.61 Å². The molecule has 0 bridgehead atoms. The van der Waals surface area contributed by atoms with Crippen LogP contribution in [0.1, 0.15) is 24.0 Å². The molecule has 1 saturated heterocycles. The van der Waals surface area contributed by atoms with Gasteiger partial charge in [0.2, 0.25) is 0 Å². The van der Waals surface area contributed by atoms with Crippen molar-refractivity contribution in [3.8, 4) is 0 Å². The molecule has 1 heterocycles. The summed E-state index contributed by atoms with van der Waals surface area (Å²) in [4.78, 5) is 2.53. The largest absolute Gasteiger partial charge is 0.395 e. The van der Waals surface area contributed by atoms with E-state index in [1.807, 2.05) is 0 Å². The molecule has 0 unspecified atom stereocenters. The van der Waals surface area contributed by atoms with E-state index in [9.17, 15) is 5.11 Å². The maximum atomic E-state index is 9.63. The van der Waals surface area contributed by atoms with Crippen LogP contribution in [0.25, 0.3) is 0 Å². The first kappa shape index (κ1) is 13.1. The van der Waals surface area contributed by atoms with Crippen molar-refractivity contribution in [2.75, 3.05) is 39.3 Å². The van der Waals surface area contributed by atoms with Crippen LogP contribution < -0.4 is 5.32 Å². The molecule has 0 atom stereocenters. The van der Waals surface area contributed by atoms with Gasteiger partial charge in [-0.15, -0.1) is 0 Å². The van der Waals surface area contributed by atoms with Gasteiger partial charge in [0.05, 0.1) is 6.61 Å². The minimum atomic E-state index is 0.0973. The van der Waals surface area contributed by atoms with Crippen molar-refractivity contribution in [2.45, 2.75) is 24.7 Å². The summed E-state index contributed by atoms with van der Waals surface area (Å²) in [7, 11) is 0. The minimum absolute atomic E-state index is 0.0973. The van der Waals surface area contributed by atoms with Crippen LogP contribution in [-0.2, 0) is 11.8 Å². The third-order valence-corrected chi connectivity index (χ3v) is 4.65. The van der Waals surface area contributed by atoms with Gasteiger partial charge in [0.15, 0.2) is 0 Å². The van der Waals surface area contributed by atoms with Crippen molar-refractivity contribution in [1.29, 1.82) is 0 Å². The van der Waals surface area contributed by atoms with E-state index < -0.39 is 0 Å². The summed E-state index contributed by atoms with van der Waals surface area (Å²) in [6, 6.07) is 8.70. The Kier molecular flexibility index (Phi) is 3.87. The molecule has 1 saturated carbocycles. The first-order valence-corrected chi connectivity index (χ1v) is 7.46. The van der Waals surface area contributed by atoms with Crippen LogP contribution in [0.4, 0.5) is 0 Å². The molecule has 2 aliphatic rings. The van der Waals surface area contributed by atoms with Crippen molar-refractivity contribution in [3.05, 3.63) is 35.4 Å². The maximum absolute atomic E-state index is 9.63. The minimum Gasteiger partial charge on any atom is -0.395 e. The summed E-state index contributed by atoms with van der Waals surface area (Å²) in [5, 5.41) is 13.0. The Morgan fingerprint density at radius 1 is 1.16 bits per heavy atom. The molecule has 0 amide bonds.